The summed E-state index contributed by atoms with van der Waals surface area (Å²) in [6, 6.07) is 8.18. The first-order chi connectivity index (χ1) is 14.7. The number of hydrogen-bond donors (Lipinski definition) is 2. The molecular formula is C23H30N6O2. The number of fused-ring (bicyclic) bond motifs is 1. The Labute approximate surface area is 181 Å². The molecular weight excluding hydrogens is 392 g/mol. The Kier molecular flexibility index (Phi) is 5.56. The van der Waals surface area contributed by atoms with E-state index in [9.17, 15) is 9.59 Å². The molecule has 1 fully saturated rings. The molecule has 1 aliphatic heterocycles. The Morgan fingerprint density at radius 3 is 2.52 bits per heavy atom. The quantitative estimate of drug-likeness (QED) is 0.674. The molecule has 0 saturated carbocycles. The molecule has 0 atom stereocenters. The zero-order valence-corrected chi connectivity index (χ0v) is 18.6. The summed E-state index contributed by atoms with van der Waals surface area (Å²) in [7, 11) is 0. The molecule has 3 aromatic rings. The van der Waals surface area contributed by atoms with Crippen LogP contribution in [0.15, 0.2) is 35.3 Å². The van der Waals surface area contributed by atoms with E-state index in [4.69, 9.17) is 4.98 Å². The van der Waals surface area contributed by atoms with Crippen molar-refractivity contribution in [2.75, 3.05) is 18.0 Å². The van der Waals surface area contributed by atoms with Crippen molar-refractivity contribution >= 4 is 22.9 Å². The summed E-state index contributed by atoms with van der Waals surface area (Å²) in [6.07, 6.45) is 3.01. The zero-order valence-electron chi connectivity index (χ0n) is 18.6. The number of rotatable bonds is 4. The number of nitrogens with zero attached hydrogens (tertiary/aromatic N) is 4. The number of carbonyl (C=O) groups is 1. The number of anilines is 1. The minimum Gasteiger partial charge on any atom is -0.352 e. The average molecular weight is 423 g/mol. The molecule has 8 heteroatoms. The van der Waals surface area contributed by atoms with Crippen LogP contribution < -0.4 is 15.8 Å². The van der Waals surface area contributed by atoms with E-state index in [1.165, 1.54) is 5.56 Å². The highest BCUT2D eigenvalue weighted by Crippen LogP contribution is 2.23. The summed E-state index contributed by atoms with van der Waals surface area (Å²) in [6.45, 7) is 10.0. The standard InChI is InChI=1S/C23H30N6O2/c1-15-5-7-16(8-6-15)13-24-20(30)17-9-11-28(12-10-17)22-26-19-18(21(31)27-22)14-25-29(19)23(2,3)4/h5-8,14,17H,9-13H2,1-4H3,(H,24,30)(H,26,27,31). The van der Waals surface area contributed by atoms with Gasteiger partial charge in [-0.05, 0) is 46.1 Å². The number of H-pyrrole nitrogens is 1. The Hall–Kier alpha value is -3.16. The predicted molar refractivity (Wildman–Crippen MR) is 121 cm³/mol. The van der Waals surface area contributed by atoms with Crippen molar-refractivity contribution in [2.24, 2.45) is 5.92 Å². The maximum absolute atomic E-state index is 12.6. The van der Waals surface area contributed by atoms with Crippen LogP contribution in [0.3, 0.4) is 0 Å². The number of amides is 1. The maximum Gasteiger partial charge on any atom is 0.263 e. The van der Waals surface area contributed by atoms with E-state index in [1.807, 2.05) is 44.7 Å². The van der Waals surface area contributed by atoms with Crippen LogP contribution in [-0.4, -0.2) is 38.7 Å². The second kappa shape index (κ2) is 8.17. The monoisotopic (exact) mass is 422 g/mol. The predicted octanol–water partition coefficient (Wildman–Crippen LogP) is 2.72. The van der Waals surface area contributed by atoms with Gasteiger partial charge in [-0.3, -0.25) is 14.6 Å². The van der Waals surface area contributed by atoms with Crippen molar-refractivity contribution in [3.63, 3.8) is 0 Å². The first-order valence-electron chi connectivity index (χ1n) is 10.8. The van der Waals surface area contributed by atoms with Crippen LogP contribution in [0.5, 0.6) is 0 Å². The highest BCUT2D eigenvalue weighted by molar-refractivity contribution is 5.79. The van der Waals surface area contributed by atoms with E-state index in [0.717, 1.165) is 18.4 Å². The molecule has 164 valence electrons. The Bertz CT molecular complexity index is 1130. The molecule has 0 radical (unpaired) electrons. The highest BCUT2D eigenvalue weighted by atomic mass is 16.2. The van der Waals surface area contributed by atoms with Gasteiger partial charge in [-0.2, -0.15) is 10.1 Å². The first kappa shape index (κ1) is 21.1. The molecule has 4 rings (SSSR count). The molecule has 2 N–H and O–H groups in total. The van der Waals surface area contributed by atoms with Crippen LogP contribution in [0.2, 0.25) is 0 Å². The normalized spacial score (nSPS) is 15.4. The highest BCUT2D eigenvalue weighted by Gasteiger charge is 2.27. The first-order valence-corrected chi connectivity index (χ1v) is 10.8. The summed E-state index contributed by atoms with van der Waals surface area (Å²) in [5.41, 5.74) is 2.43. The Morgan fingerprint density at radius 1 is 1.19 bits per heavy atom. The fraction of sp³-hybridized carbons (Fsp3) is 0.478. The van der Waals surface area contributed by atoms with Gasteiger partial charge in [0.05, 0.1) is 11.7 Å². The van der Waals surface area contributed by atoms with Crippen molar-refractivity contribution < 1.29 is 4.79 Å². The van der Waals surface area contributed by atoms with Crippen LogP contribution in [-0.2, 0) is 16.9 Å². The molecule has 0 unspecified atom stereocenters. The third kappa shape index (κ3) is 4.47. The second-order valence-corrected chi connectivity index (χ2v) is 9.32. The molecule has 8 nitrogen and oxygen atoms in total. The lowest BCUT2D eigenvalue weighted by atomic mass is 9.96. The Balaban J connectivity index is 1.41. The smallest absolute Gasteiger partial charge is 0.263 e. The van der Waals surface area contributed by atoms with E-state index in [-0.39, 0.29) is 22.9 Å². The van der Waals surface area contributed by atoms with E-state index in [1.54, 1.807) is 10.9 Å². The molecule has 1 saturated heterocycles. The number of piperidine rings is 1. The number of hydrogen-bond acceptors (Lipinski definition) is 5. The molecule has 1 amide bonds. The summed E-state index contributed by atoms with van der Waals surface area (Å²) in [5.74, 6) is 0.599. The molecule has 31 heavy (non-hydrogen) atoms. The molecule has 1 aliphatic rings. The number of aryl methyl sites for hydroxylation is 1. The van der Waals surface area contributed by atoms with Gasteiger partial charge in [0, 0.05) is 25.6 Å². The largest absolute Gasteiger partial charge is 0.352 e. The van der Waals surface area contributed by atoms with Crippen molar-refractivity contribution in [2.45, 2.75) is 52.6 Å². The van der Waals surface area contributed by atoms with Crippen LogP contribution in [0.1, 0.15) is 44.7 Å². The van der Waals surface area contributed by atoms with Crippen LogP contribution in [0.4, 0.5) is 5.95 Å². The van der Waals surface area contributed by atoms with Crippen LogP contribution in [0.25, 0.3) is 11.0 Å². The number of carbonyl (C=O) groups excluding carboxylic acids is 1. The van der Waals surface area contributed by atoms with Crippen molar-refractivity contribution in [3.8, 4) is 0 Å². The molecule has 3 heterocycles. The zero-order chi connectivity index (χ0) is 22.2. The number of aromatic nitrogens is 4. The molecule has 0 aliphatic carbocycles. The van der Waals surface area contributed by atoms with Crippen LogP contribution in [0, 0.1) is 12.8 Å². The topological polar surface area (TPSA) is 95.9 Å². The molecule has 1 aromatic carbocycles. The summed E-state index contributed by atoms with van der Waals surface area (Å²) >= 11 is 0. The third-order valence-electron chi connectivity index (χ3n) is 5.81. The van der Waals surface area contributed by atoms with Crippen molar-refractivity contribution in [3.05, 3.63) is 51.9 Å². The van der Waals surface area contributed by atoms with Gasteiger partial charge in [-0.25, -0.2) is 4.68 Å². The van der Waals surface area contributed by atoms with Gasteiger partial charge in [-0.15, -0.1) is 0 Å². The number of nitrogens with one attached hydrogen (secondary N) is 2. The van der Waals surface area contributed by atoms with Gasteiger partial charge in [0.15, 0.2) is 5.65 Å². The summed E-state index contributed by atoms with van der Waals surface area (Å²) < 4.78 is 1.78. The van der Waals surface area contributed by atoms with Gasteiger partial charge in [0.1, 0.15) is 5.39 Å². The van der Waals surface area contributed by atoms with Gasteiger partial charge in [-0.1, -0.05) is 29.8 Å². The lowest BCUT2D eigenvalue weighted by Crippen LogP contribution is -2.41. The Morgan fingerprint density at radius 2 is 1.87 bits per heavy atom. The minimum atomic E-state index is -0.275. The number of benzene rings is 1. The van der Waals surface area contributed by atoms with Gasteiger partial charge in [0.2, 0.25) is 11.9 Å². The minimum absolute atomic E-state index is 0.0303. The molecule has 2 aromatic heterocycles. The molecule has 0 spiro atoms. The van der Waals surface area contributed by atoms with E-state index < -0.39 is 0 Å². The third-order valence-corrected chi connectivity index (χ3v) is 5.81. The van der Waals surface area contributed by atoms with E-state index in [2.05, 4.69) is 27.5 Å². The fourth-order valence-corrected chi connectivity index (χ4v) is 3.94. The van der Waals surface area contributed by atoms with E-state index in [0.29, 0.717) is 36.6 Å². The van der Waals surface area contributed by atoms with Gasteiger partial charge in [0.25, 0.3) is 5.56 Å². The number of aromatic amines is 1. The lowest BCUT2D eigenvalue weighted by molar-refractivity contribution is -0.125. The van der Waals surface area contributed by atoms with E-state index >= 15 is 0 Å². The summed E-state index contributed by atoms with van der Waals surface area (Å²) in [5, 5.41) is 7.91. The van der Waals surface area contributed by atoms with Gasteiger partial charge < -0.3 is 10.2 Å². The maximum atomic E-state index is 12.6. The van der Waals surface area contributed by atoms with Crippen LogP contribution >= 0.6 is 0 Å². The van der Waals surface area contributed by atoms with Crippen molar-refractivity contribution in [1.29, 1.82) is 0 Å². The fourth-order valence-electron chi connectivity index (χ4n) is 3.94. The van der Waals surface area contributed by atoms with Crippen molar-refractivity contribution in [1.82, 2.24) is 25.1 Å². The lowest BCUT2D eigenvalue weighted by Gasteiger charge is -2.31. The molecule has 0 bridgehead atoms. The second-order valence-electron chi connectivity index (χ2n) is 9.32. The summed E-state index contributed by atoms with van der Waals surface area (Å²) in [4.78, 5) is 34.8. The SMILES string of the molecule is Cc1ccc(CNC(=O)C2CCN(c3nc4c(cnn4C(C)(C)C)c(=O)[nH]3)CC2)cc1. The average Bonchev–Trinajstić information content (AvgIpc) is 3.18. The van der Waals surface area contributed by atoms with Gasteiger partial charge >= 0.3 is 0 Å².